The van der Waals surface area contributed by atoms with Crippen LogP contribution in [0.2, 0.25) is 0 Å². The first-order valence-corrected chi connectivity index (χ1v) is 7.52. The molecule has 0 fully saturated rings. The van der Waals surface area contributed by atoms with E-state index in [1.165, 1.54) is 11.8 Å². The molecule has 3 N–H and O–H groups in total. The molecular weight excluding hydrogens is 342 g/mol. The highest BCUT2D eigenvalue weighted by atomic mass is 79.9. The lowest BCUT2D eigenvalue weighted by Crippen LogP contribution is -2.19. The minimum atomic E-state index is -0.600. The number of hydrogen-bond acceptors (Lipinski definition) is 5. The molecule has 0 aliphatic carbocycles. The van der Waals surface area contributed by atoms with Gasteiger partial charge in [-0.15, -0.1) is 10.2 Å². The molecule has 2 heterocycles. The van der Waals surface area contributed by atoms with Crippen molar-refractivity contribution < 1.29 is 4.79 Å². The highest BCUT2D eigenvalue weighted by molar-refractivity contribution is 9.10. The zero-order valence-corrected chi connectivity index (χ0v) is 13.2. The molecule has 0 saturated heterocycles. The van der Waals surface area contributed by atoms with E-state index in [9.17, 15) is 4.79 Å². The van der Waals surface area contributed by atoms with Crippen LogP contribution in [0, 0.1) is 6.92 Å². The number of hydrogen-bond donors (Lipinski definition) is 2. The Morgan fingerprint density at radius 1 is 1.45 bits per heavy atom. The fraction of sp³-hybridized carbons (Fsp3) is 0.250. The number of carbonyl (C=O) groups is 1. The maximum atomic E-state index is 11.6. The van der Waals surface area contributed by atoms with Crippen molar-refractivity contribution >= 4 is 39.3 Å². The Hall–Kier alpha value is -1.38. The Bertz CT molecular complexity index is 714. The van der Waals surface area contributed by atoms with Crippen molar-refractivity contribution in [1.82, 2.24) is 14.8 Å². The number of nitrogens with zero attached hydrogens (tertiary/aromatic N) is 3. The van der Waals surface area contributed by atoms with E-state index < -0.39 is 6.04 Å². The predicted octanol–water partition coefficient (Wildman–Crippen LogP) is 1.99. The molecule has 8 heteroatoms. The van der Waals surface area contributed by atoms with E-state index in [1.54, 1.807) is 0 Å². The fourth-order valence-corrected chi connectivity index (χ4v) is 3.42. The molecule has 1 amide bonds. The number of fused-ring (bicyclic) bond motifs is 1. The smallest absolute Gasteiger partial charge is 0.245 e. The van der Waals surface area contributed by atoms with Crippen LogP contribution in [0.5, 0.6) is 0 Å². The lowest BCUT2D eigenvalue weighted by atomic mass is 10.1. The van der Waals surface area contributed by atoms with Crippen molar-refractivity contribution in [3.63, 3.8) is 0 Å². The van der Waals surface area contributed by atoms with E-state index in [4.69, 9.17) is 5.73 Å². The SMILES string of the molecule is Cc1nnc(Sc2cc3c(cc2Br)C(N)C(=O)N3)n1C. The van der Waals surface area contributed by atoms with E-state index in [0.29, 0.717) is 0 Å². The van der Waals surface area contributed by atoms with Gasteiger partial charge in [0.2, 0.25) is 5.91 Å². The third-order valence-corrected chi connectivity index (χ3v) is 5.25. The van der Waals surface area contributed by atoms with Gasteiger partial charge < -0.3 is 15.6 Å². The molecule has 3 rings (SSSR count). The van der Waals surface area contributed by atoms with Gasteiger partial charge in [0.15, 0.2) is 5.16 Å². The predicted molar refractivity (Wildman–Crippen MR) is 79.6 cm³/mol. The Balaban J connectivity index is 1.98. The molecule has 104 valence electrons. The van der Waals surface area contributed by atoms with Crippen LogP contribution >= 0.6 is 27.7 Å². The molecule has 0 saturated carbocycles. The van der Waals surface area contributed by atoms with E-state index in [1.807, 2.05) is 30.7 Å². The van der Waals surface area contributed by atoms with Crippen LogP contribution in [0.1, 0.15) is 17.4 Å². The number of aromatic nitrogens is 3. The summed E-state index contributed by atoms with van der Waals surface area (Å²) < 4.78 is 2.79. The van der Waals surface area contributed by atoms with Crippen LogP contribution in [-0.2, 0) is 11.8 Å². The number of anilines is 1. The van der Waals surface area contributed by atoms with Crippen molar-refractivity contribution in [1.29, 1.82) is 0 Å². The first kappa shape index (κ1) is 13.6. The minimum Gasteiger partial charge on any atom is -0.324 e. The summed E-state index contributed by atoms with van der Waals surface area (Å²) in [6.07, 6.45) is 0. The molecule has 1 unspecified atom stereocenters. The summed E-state index contributed by atoms with van der Waals surface area (Å²) in [7, 11) is 1.91. The molecular formula is C12H12BrN5OS. The van der Waals surface area contributed by atoms with Crippen LogP contribution in [0.4, 0.5) is 5.69 Å². The molecule has 1 atom stereocenters. The molecule has 20 heavy (non-hydrogen) atoms. The zero-order chi connectivity index (χ0) is 14.4. The average Bonchev–Trinajstić information content (AvgIpc) is 2.86. The zero-order valence-electron chi connectivity index (χ0n) is 10.8. The first-order valence-electron chi connectivity index (χ1n) is 5.91. The number of rotatable bonds is 2. The van der Waals surface area contributed by atoms with Crippen molar-refractivity contribution in [3.05, 3.63) is 28.0 Å². The van der Waals surface area contributed by atoms with Crippen molar-refractivity contribution in [2.75, 3.05) is 5.32 Å². The van der Waals surface area contributed by atoms with E-state index in [0.717, 1.165) is 31.6 Å². The van der Waals surface area contributed by atoms with Gasteiger partial charge in [0, 0.05) is 27.7 Å². The third kappa shape index (κ3) is 2.13. The quantitative estimate of drug-likeness (QED) is 0.862. The summed E-state index contributed by atoms with van der Waals surface area (Å²) >= 11 is 4.99. The van der Waals surface area contributed by atoms with Gasteiger partial charge in [-0.1, -0.05) is 0 Å². The molecule has 1 aromatic heterocycles. The molecule has 2 aromatic rings. The number of carbonyl (C=O) groups excluding carboxylic acids is 1. The highest BCUT2D eigenvalue weighted by Crippen LogP contribution is 2.40. The highest BCUT2D eigenvalue weighted by Gasteiger charge is 2.28. The molecule has 0 radical (unpaired) electrons. The standard InChI is InChI=1S/C12H12BrN5OS/c1-5-16-17-12(18(5)2)20-9-4-8-6(3-7(9)13)10(14)11(19)15-8/h3-4,10H,14H2,1-2H3,(H,15,19). The number of amides is 1. The van der Waals surface area contributed by atoms with Crippen molar-refractivity contribution in [3.8, 4) is 0 Å². The Morgan fingerprint density at radius 2 is 2.20 bits per heavy atom. The molecule has 1 aliphatic rings. The lowest BCUT2D eigenvalue weighted by Gasteiger charge is -2.08. The fourth-order valence-electron chi connectivity index (χ4n) is 1.94. The largest absolute Gasteiger partial charge is 0.324 e. The maximum Gasteiger partial charge on any atom is 0.245 e. The molecule has 6 nitrogen and oxygen atoms in total. The van der Waals surface area contributed by atoms with Crippen LogP contribution in [0.15, 0.2) is 26.7 Å². The summed E-state index contributed by atoms with van der Waals surface area (Å²) in [6.45, 7) is 1.90. The Labute approximate surface area is 128 Å². The van der Waals surface area contributed by atoms with Gasteiger partial charge in [0.05, 0.1) is 0 Å². The molecule has 1 aliphatic heterocycles. The van der Waals surface area contributed by atoms with Crippen LogP contribution < -0.4 is 11.1 Å². The number of nitrogens with two attached hydrogens (primary N) is 1. The van der Waals surface area contributed by atoms with Gasteiger partial charge >= 0.3 is 0 Å². The second-order valence-electron chi connectivity index (χ2n) is 4.53. The van der Waals surface area contributed by atoms with Gasteiger partial charge in [0.1, 0.15) is 11.9 Å². The van der Waals surface area contributed by atoms with Crippen molar-refractivity contribution in [2.45, 2.75) is 23.0 Å². The Kier molecular flexibility index (Phi) is 3.31. The lowest BCUT2D eigenvalue weighted by molar-refractivity contribution is -0.116. The van der Waals surface area contributed by atoms with Gasteiger partial charge in [-0.2, -0.15) is 0 Å². The summed E-state index contributed by atoms with van der Waals surface area (Å²) in [5.41, 5.74) is 7.39. The number of halogens is 1. The monoisotopic (exact) mass is 353 g/mol. The molecule has 1 aromatic carbocycles. The van der Waals surface area contributed by atoms with Crippen LogP contribution in [0.25, 0.3) is 0 Å². The topological polar surface area (TPSA) is 85.8 Å². The van der Waals surface area contributed by atoms with E-state index in [2.05, 4.69) is 31.4 Å². The minimum absolute atomic E-state index is 0.177. The van der Waals surface area contributed by atoms with Gasteiger partial charge in [-0.05, 0) is 46.7 Å². The second kappa shape index (κ2) is 4.87. The molecule has 0 spiro atoms. The van der Waals surface area contributed by atoms with Gasteiger partial charge in [-0.3, -0.25) is 4.79 Å². The van der Waals surface area contributed by atoms with E-state index >= 15 is 0 Å². The second-order valence-corrected chi connectivity index (χ2v) is 6.39. The third-order valence-electron chi connectivity index (χ3n) is 3.23. The normalized spacial score (nSPS) is 17.2. The Morgan fingerprint density at radius 3 is 2.85 bits per heavy atom. The maximum absolute atomic E-state index is 11.6. The summed E-state index contributed by atoms with van der Waals surface area (Å²) in [5.74, 6) is 0.670. The molecule has 0 bridgehead atoms. The summed E-state index contributed by atoms with van der Waals surface area (Å²) in [4.78, 5) is 12.5. The van der Waals surface area contributed by atoms with E-state index in [-0.39, 0.29) is 5.91 Å². The summed E-state index contributed by atoms with van der Waals surface area (Å²) in [6, 6.07) is 3.18. The van der Waals surface area contributed by atoms with Gasteiger partial charge in [0.25, 0.3) is 0 Å². The summed E-state index contributed by atoms with van der Waals surface area (Å²) in [5, 5.41) is 11.7. The first-order chi connectivity index (χ1) is 9.47. The van der Waals surface area contributed by atoms with Gasteiger partial charge in [-0.25, -0.2) is 0 Å². The van der Waals surface area contributed by atoms with Crippen molar-refractivity contribution in [2.24, 2.45) is 12.8 Å². The average molecular weight is 354 g/mol. The number of aryl methyl sites for hydroxylation is 1. The number of nitrogens with one attached hydrogen (secondary N) is 1. The van der Waals surface area contributed by atoms with Crippen LogP contribution in [-0.4, -0.2) is 20.7 Å². The van der Waals surface area contributed by atoms with Crippen LogP contribution in [0.3, 0.4) is 0 Å². The number of benzene rings is 1.